The Balaban J connectivity index is 2.64. The molecule has 104 valence electrons. The SMILES string of the molecule is CC(C)CCC(C)NS(=O)(=O)c1cc(CN)cs1. The summed E-state index contributed by atoms with van der Waals surface area (Å²) in [4.78, 5) is 0. The third-order valence-electron chi connectivity index (χ3n) is 2.66. The number of rotatable bonds is 7. The van der Waals surface area contributed by atoms with Crippen molar-refractivity contribution in [3.8, 4) is 0 Å². The number of hydrogen-bond donors (Lipinski definition) is 2. The van der Waals surface area contributed by atoms with Crippen molar-refractivity contribution >= 4 is 21.4 Å². The van der Waals surface area contributed by atoms with Crippen molar-refractivity contribution in [2.24, 2.45) is 11.7 Å². The van der Waals surface area contributed by atoms with Crippen LogP contribution in [0.3, 0.4) is 0 Å². The van der Waals surface area contributed by atoms with Crippen LogP contribution in [0, 0.1) is 5.92 Å². The second-order valence-electron chi connectivity index (χ2n) is 4.97. The van der Waals surface area contributed by atoms with E-state index in [1.165, 1.54) is 11.3 Å². The van der Waals surface area contributed by atoms with Crippen LogP contribution in [0.4, 0.5) is 0 Å². The van der Waals surface area contributed by atoms with Crippen LogP contribution in [0.25, 0.3) is 0 Å². The standard InChI is InChI=1S/C12H22N2O2S2/c1-9(2)4-5-10(3)14-18(15,16)12-6-11(7-13)8-17-12/h6,8-10,14H,4-5,7,13H2,1-3H3. The van der Waals surface area contributed by atoms with Crippen LogP contribution < -0.4 is 10.5 Å². The highest BCUT2D eigenvalue weighted by Gasteiger charge is 2.19. The lowest BCUT2D eigenvalue weighted by atomic mass is 10.1. The van der Waals surface area contributed by atoms with Crippen LogP contribution in [0.2, 0.25) is 0 Å². The number of thiophene rings is 1. The summed E-state index contributed by atoms with van der Waals surface area (Å²) in [7, 11) is -3.38. The molecule has 18 heavy (non-hydrogen) atoms. The van der Waals surface area contributed by atoms with Crippen molar-refractivity contribution < 1.29 is 8.42 Å². The van der Waals surface area contributed by atoms with Gasteiger partial charge in [-0.3, -0.25) is 0 Å². The number of nitrogens with two attached hydrogens (primary N) is 1. The maximum absolute atomic E-state index is 12.1. The second-order valence-corrected chi connectivity index (χ2v) is 7.82. The molecular formula is C12H22N2O2S2. The van der Waals surface area contributed by atoms with Gasteiger partial charge in [0.05, 0.1) is 0 Å². The normalized spacial score (nSPS) is 14.1. The molecule has 0 saturated heterocycles. The zero-order chi connectivity index (χ0) is 13.8. The molecule has 0 bridgehead atoms. The molecule has 1 heterocycles. The summed E-state index contributed by atoms with van der Waals surface area (Å²) in [5.74, 6) is 0.586. The summed E-state index contributed by atoms with van der Waals surface area (Å²) in [5, 5.41) is 1.79. The van der Waals surface area contributed by atoms with Crippen molar-refractivity contribution in [3.05, 3.63) is 17.0 Å². The monoisotopic (exact) mass is 290 g/mol. The van der Waals surface area contributed by atoms with Crippen LogP contribution in [0.5, 0.6) is 0 Å². The van der Waals surface area contributed by atoms with E-state index < -0.39 is 10.0 Å². The first-order chi connectivity index (χ1) is 8.35. The number of nitrogens with one attached hydrogen (secondary N) is 1. The maximum atomic E-state index is 12.1. The second kappa shape index (κ2) is 6.65. The Hall–Kier alpha value is -0.430. The Morgan fingerprint density at radius 3 is 2.50 bits per heavy atom. The van der Waals surface area contributed by atoms with Crippen molar-refractivity contribution in [2.45, 2.75) is 50.4 Å². The van der Waals surface area contributed by atoms with Gasteiger partial charge < -0.3 is 5.73 Å². The van der Waals surface area contributed by atoms with E-state index >= 15 is 0 Å². The quantitative estimate of drug-likeness (QED) is 0.809. The molecule has 4 nitrogen and oxygen atoms in total. The average Bonchev–Trinajstić information content (AvgIpc) is 2.75. The summed E-state index contributed by atoms with van der Waals surface area (Å²) < 4.78 is 27.2. The van der Waals surface area contributed by atoms with Crippen LogP contribution in [-0.4, -0.2) is 14.5 Å². The van der Waals surface area contributed by atoms with Gasteiger partial charge in [0.1, 0.15) is 4.21 Å². The predicted molar refractivity (Wildman–Crippen MR) is 76.1 cm³/mol. The third-order valence-corrected chi connectivity index (χ3v) is 5.74. The predicted octanol–water partition coefficient (Wildman–Crippen LogP) is 2.31. The highest BCUT2D eigenvalue weighted by Crippen LogP contribution is 2.20. The van der Waals surface area contributed by atoms with Crippen LogP contribution in [0.1, 0.15) is 39.2 Å². The molecule has 1 aromatic heterocycles. The van der Waals surface area contributed by atoms with E-state index in [-0.39, 0.29) is 6.04 Å². The Kier molecular flexibility index (Phi) is 5.78. The van der Waals surface area contributed by atoms with E-state index in [9.17, 15) is 8.42 Å². The Bertz CT molecular complexity index is 466. The molecule has 0 aliphatic rings. The molecule has 0 radical (unpaired) electrons. The molecule has 0 spiro atoms. The van der Waals surface area contributed by atoms with E-state index in [1.54, 1.807) is 11.4 Å². The highest BCUT2D eigenvalue weighted by molar-refractivity contribution is 7.91. The average molecular weight is 290 g/mol. The topological polar surface area (TPSA) is 72.2 Å². The first kappa shape index (κ1) is 15.6. The van der Waals surface area contributed by atoms with Crippen molar-refractivity contribution in [2.75, 3.05) is 0 Å². The molecular weight excluding hydrogens is 268 g/mol. The fourth-order valence-corrected chi connectivity index (χ4v) is 4.08. The van der Waals surface area contributed by atoms with Gasteiger partial charge in [-0.15, -0.1) is 11.3 Å². The summed E-state index contributed by atoms with van der Waals surface area (Å²) >= 11 is 1.22. The first-order valence-corrected chi connectivity index (χ1v) is 8.51. The molecule has 1 atom stereocenters. The van der Waals surface area contributed by atoms with Gasteiger partial charge in [0.2, 0.25) is 10.0 Å². The van der Waals surface area contributed by atoms with E-state index in [2.05, 4.69) is 18.6 Å². The third kappa shape index (κ3) is 4.68. The zero-order valence-electron chi connectivity index (χ0n) is 11.1. The van der Waals surface area contributed by atoms with Gasteiger partial charge >= 0.3 is 0 Å². The smallest absolute Gasteiger partial charge is 0.250 e. The van der Waals surface area contributed by atoms with Crippen LogP contribution in [0.15, 0.2) is 15.7 Å². The fraction of sp³-hybridized carbons (Fsp3) is 0.667. The molecule has 1 unspecified atom stereocenters. The minimum Gasteiger partial charge on any atom is -0.326 e. The van der Waals surface area contributed by atoms with Crippen LogP contribution >= 0.6 is 11.3 Å². The fourth-order valence-electron chi connectivity index (χ4n) is 1.57. The Morgan fingerprint density at radius 2 is 2.00 bits per heavy atom. The molecule has 1 aromatic rings. The van der Waals surface area contributed by atoms with Crippen LogP contribution in [-0.2, 0) is 16.6 Å². The number of sulfonamides is 1. The highest BCUT2D eigenvalue weighted by atomic mass is 32.2. The molecule has 0 amide bonds. The van der Waals surface area contributed by atoms with Gasteiger partial charge in [-0.25, -0.2) is 13.1 Å². The molecule has 0 saturated carbocycles. The largest absolute Gasteiger partial charge is 0.326 e. The lowest BCUT2D eigenvalue weighted by Gasteiger charge is -2.14. The van der Waals surface area contributed by atoms with Crippen molar-refractivity contribution in [1.29, 1.82) is 0 Å². The summed E-state index contributed by atoms with van der Waals surface area (Å²) in [5.41, 5.74) is 6.34. The minimum absolute atomic E-state index is 0.0409. The lowest BCUT2D eigenvalue weighted by molar-refractivity contribution is 0.486. The number of hydrogen-bond acceptors (Lipinski definition) is 4. The van der Waals surface area contributed by atoms with Crippen molar-refractivity contribution in [1.82, 2.24) is 4.72 Å². The molecule has 6 heteroatoms. The molecule has 1 rings (SSSR count). The lowest BCUT2D eigenvalue weighted by Crippen LogP contribution is -2.32. The van der Waals surface area contributed by atoms with E-state index in [0.29, 0.717) is 16.7 Å². The van der Waals surface area contributed by atoms with Gasteiger partial charge in [-0.05, 0) is 42.7 Å². The van der Waals surface area contributed by atoms with Gasteiger partial charge in [-0.2, -0.15) is 0 Å². The molecule has 3 N–H and O–H groups in total. The summed E-state index contributed by atoms with van der Waals surface area (Å²) in [6, 6.07) is 1.60. The van der Waals surface area contributed by atoms with Gasteiger partial charge in [0.15, 0.2) is 0 Å². The first-order valence-electron chi connectivity index (χ1n) is 6.15. The zero-order valence-corrected chi connectivity index (χ0v) is 12.8. The van der Waals surface area contributed by atoms with Gasteiger partial charge in [-0.1, -0.05) is 13.8 Å². The van der Waals surface area contributed by atoms with E-state index in [4.69, 9.17) is 5.73 Å². The van der Waals surface area contributed by atoms with E-state index in [0.717, 1.165) is 18.4 Å². The molecule has 0 aliphatic heterocycles. The molecule has 0 aromatic carbocycles. The van der Waals surface area contributed by atoms with Crippen molar-refractivity contribution in [3.63, 3.8) is 0 Å². The summed E-state index contributed by atoms with van der Waals surface area (Å²) in [6.07, 6.45) is 1.87. The molecule has 0 fully saturated rings. The maximum Gasteiger partial charge on any atom is 0.250 e. The Morgan fingerprint density at radius 1 is 1.33 bits per heavy atom. The van der Waals surface area contributed by atoms with E-state index in [1.807, 2.05) is 6.92 Å². The van der Waals surface area contributed by atoms with Gasteiger partial charge in [0.25, 0.3) is 0 Å². The molecule has 0 aliphatic carbocycles. The minimum atomic E-state index is -3.38. The summed E-state index contributed by atoms with van der Waals surface area (Å²) in [6.45, 7) is 6.54. The Labute approximate surface area is 114 Å². The van der Waals surface area contributed by atoms with Gasteiger partial charge in [0, 0.05) is 12.6 Å².